The van der Waals surface area contributed by atoms with Gasteiger partial charge in [-0.3, -0.25) is 0 Å². The van der Waals surface area contributed by atoms with Crippen LogP contribution in [0.4, 0.5) is 0 Å². The van der Waals surface area contributed by atoms with Crippen LogP contribution in [0.1, 0.15) is 11.1 Å². The molecule has 5 heteroatoms. The number of fused-ring (bicyclic) bond motifs is 1. The third-order valence-corrected chi connectivity index (χ3v) is 3.69. The molecular weight excluding hydrogens is 318 g/mol. The lowest BCUT2D eigenvalue weighted by molar-refractivity contribution is 0.359. The van der Waals surface area contributed by atoms with E-state index >= 15 is 0 Å². The second kappa shape index (κ2) is 6.22. The molecular formula is C12H13BrO2P2. The van der Waals surface area contributed by atoms with Gasteiger partial charge in [0.05, 0.1) is 13.2 Å². The maximum absolute atomic E-state index is 5.17. The van der Waals surface area contributed by atoms with Gasteiger partial charge in [-0.25, -0.2) is 0 Å². The third-order valence-electron chi connectivity index (χ3n) is 2.65. The summed E-state index contributed by atoms with van der Waals surface area (Å²) in [5, 5.41) is 2.40. The van der Waals surface area contributed by atoms with Crippen LogP contribution in [-0.2, 0) is 22.3 Å². The Morgan fingerprint density at radius 3 is 2.29 bits per heavy atom. The standard InChI is InChI=1S/C12H13BrO2P2/c13-12-5-8(6-14-16)9-3-1-2-4-10(9)11(12)7-15-17/h1-5H,6-7,16-17H2. The second-order valence-electron chi connectivity index (χ2n) is 3.66. The van der Waals surface area contributed by atoms with Crippen LogP contribution in [-0.4, -0.2) is 0 Å². The fraction of sp³-hybridized carbons (Fsp3) is 0.167. The Morgan fingerprint density at radius 2 is 1.65 bits per heavy atom. The maximum Gasteiger partial charge on any atom is 0.0769 e. The van der Waals surface area contributed by atoms with Gasteiger partial charge in [-0.05, 0) is 22.4 Å². The number of benzene rings is 2. The highest BCUT2D eigenvalue weighted by Gasteiger charge is 2.10. The first-order chi connectivity index (χ1) is 8.27. The quantitative estimate of drug-likeness (QED) is 0.781. The fourth-order valence-electron chi connectivity index (χ4n) is 1.91. The van der Waals surface area contributed by atoms with E-state index in [4.69, 9.17) is 9.05 Å². The number of halogens is 1. The van der Waals surface area contributed by atoms with Crippen LogP contribution in [0.3, 0.4) is 0 Å². The molecule has 0 amide bonds. The second-order valence-corrected chi connectivity index (χ2v) is 5.18. The van der Waals surface area contributed by atoms with Crippen molar-refractivity contribution in [1.29, 1.82) is 0 Å². The van der Waals surface area contributed by atoms with E-state index < -0.39 is 0 Å². The molecule has 0 saturated carbocycles. The molecule has 0 fully saturated rings. The molecule has 0 aromatic heterocycles. The average Bonchev–Trinajstić information content (AvgIpc) is 2.34. The molecule has 0 spiro atoms. The van der Waals surface area contributed by atoms with Crippen molar-refractivity contribution in [3.63, 3.8) is 0 Å². The van der Waals surface area contributed by atoms with Crippen molar-refractivity contribution >= 4 is 45.6 Å². The molecule has 2 unspecified atom stereocenters. The van der Waals surface area contributed by atoms with Crippen molar-refractivity contribution in [2.24, 2.45) is 0 Å². The van der Waals surface area contributed by atoms with E-state index in [1.54, 1.807) is 0 Å². The van der Waals surface area contributed by atoms with Gasteiger partial charge in [0, 0.05) is 29.0 Å². The SMILES string of the molecule is POCc1cc(Br)c(COP)c2ccccc12. The number of hydrogen-bond donors (Lipinski definition) is 0. The highest BCUT2D eigenvalue weighted by atomic mass is 79.9. The van der Waals surface area contributed by atoms with Gasteiger partial charge in [0.15, 0.2) is 0 Å². The number of rotatable bonds is 4. The molecule has 0 saturated heterocycles. The predicted molar refractivity (Wildman–Crippen MR) is 80.6 cm³/mol. The Balaban J connectivity index is 2.68. The minimum atomic E-state index is 0.563. The zero-order chi connectivity index (χ0) is 12.3. The molecule has 2 nitrogen and oxygen atoms in total. The molecule has 0 aliphatic rings. The fourth-order valence-corrected chi connectivity index (χ4v) is 2.86. The van der Waals surface area contributed by atoms with Crippen molar-refractivity contribution in [3.8, 4) is 0 Å². The van der Waals surface area contributed by atoms with Gasteiger partial charge in [0.2, 0.25) is 0 Å². The van der Waals surface area contributed by atoms with E-state index in [0.717, 1.165) is 15.6 Å². The summed E-state index contributed by atoms with van der Waals surface area (Å²) in [6.45, 7) is 1.14. The Kier molecular flexibility index (Phi) is 4.90. The van der Waals surface area contributed by atoms with E-state index in [1.807, 2.05) is 12.1 Å². The van der Waals surface area contributed by atoms with Crippen LogP contribution in [0.15, 0.2) is 34.8 Å². The summed E-state index contributed by atoms with van der Waals surface area (Å²) in [6, 6.07) is 10.4. The van der Waals surface area contributed by atoms with Gasteiger partial charge < -0.3 is 9.05 Å². The molecule has 0 aliphatic carbocycles. The van der Waals surface area contributed by atoms with Crippen molar-refractivity contribution in [3.05, 3.63) is 45.9 Å². The highest BCUT2D eigenvalue weighted by molar-refractivity contribution is 9.10. The molecule has 17 heavy (non-hydrogen) atoms. The topological polar surface area (TPSA) is 18.5 Å². The van der Waals surface area contributed by atoms with Gasteiger partial charge in [-0.1, -0.05) is 40.2 Å². The van der Waals surface area contributed by atoms with Crippen molar-refractivity contribution in [2.75, 3.05) is 0 Å². The summed E-state index contributed by atoms with van der Waals surface area (Å²) in [5.41, 5.74) is 2.32. The molecule has 2 atom stereocenters. The van der Waals surface area contributed by atoms with E-state index in [1.165, 1.54) is 10.8 Å². The van der Waals surface area contributed by atoms with Gasteiger partial charge >= 0.3 is 0 Å². The molecule has 0 radical (unpaired) electrons. The summed E-state index contributed by atoms with van der Waals surface area (Å²) in [5.74, 6) is 0. The molecule has 0 aliphatic heterocycles. The van der Waals surface area contributed by atoms with Gasteiger partial charge in [0.1, 0.15) is 0 Å². The van der Waals surface area contributed by atoms with Gasteiger partial charge in [0.25, 0.3) is 0 Å². The Morgan fingerprint density at radius 1 is 1.00 bits per heavy atom. The van der Waals surface area contributed by atoms with E-state index in [2.05, 4.69) is 53.1 Å². The molecule has 2 rings (SSSR count). The summed E-state index contributed by atoms with van der Waals surface area (Å²) in [6.07, 6.45) is 0. The van der Waals surface area contributed by atoms with Crippen LogP contribution in [0.25, 0.3) is 10.8 Å². The molecule has 0 heterocycles. The molecule has 2 aromatic rings. The Labute approximate surface area is 114 Å². The van der Waals surface area contributed by atoms with Crippen LogP contribution >= 0.6 is 34.9 Å². The number of hydrogen-bond acceptors (Lipinski definition) is 2. The summed E-state index contributed by atoms with van der Waals surface area (Å²) < 4.78 is 11.4. The summed E-state index contributed by atoms with van der Waals surface area (Å²) >= 11 is 3.59. The minimum Gasteiger partial charge on any atom is -0.361 e. The first-order valence-electron chi connectivity index (χ1n) is 5.10. The van der Waals surface area contributed by atoms with Crippen molar-refractivity contribution < 1.29 is 9.05 Å². The summed E-state index contributed by atoms with van der Waals surface area (Å²) in [7, 11) is 4.57. The normalized spacial score (nSPS) is 11.0. The van der Waals surface area contributed by atoms with Crippen LogP contribution in [0, 0.1) is 0 Å². The first kappa shape index (κ1) is 13.4. The molecule has 0 N–H and O–H groups in total. The monoisotopic (exact) mass is 330 g/mol. The van der Waals surface area contributed by atoms with Crippen molar-refractivity contribution in [2.45, 2.75) is 13.2 Å². The largest absolute Gasteiger partial charge is 0.361 e. The Bertz CT molecular complexity index is 531. The van der Waals surface area contributed by atoms with E-state index in [0.29, 0.717) is 13.2 Å². The van der Waals surface area contributed by atoms with Crippen LogP contribution in [0.2, 0.25) is 0 Å². The van der Waals surface area contributed by atoms with Crippen LogP contribution < -0.4 is 0 Å². The predicted octanol–water partition coefficient (Wildman–Crippen LogP) is 4.22. The van der Waals surface area contributed by atoms with E-state index in [-0.39, 0.29) is 0 Å². The maximum atomic E-state index is 5.17. The van der Waals surface area contributed by atoms with Gasteiger partial charge in [-0.15, -0.1) is 0 Å². The lowest BCUT2D eigenvalue weighted by atomic mass is 10.0. The lowest BCUT2D eigenvalue weighted by Gasteiger charge is -2.12. The summed E-state index contributed by atoms with van der Waals surface area (Å²) in [4.78, 5) is 0. The lowest BCUT2D eigenvalue weighted by Crippen LogP contribution is -1.94. The van der Waals surface area contributed by atoms with E-state index in [9.17, 15) is 0 Å². The zero-order valence-electron chi connectivity index (χ0n) is 9.15. The minimum absolute atomic E-state index is 0.563. The highest BCUT2D eigenvalue weighted by Crippen LogP contribution is 2.31. The van der Waals surface area contributed by atoms with Crippen molar-refractivity contribution in [1.82, 2.24) is 0 Å². The average molecular weight is 331 g/mol. The third kappa shape index (κ3) is 2.86. The smallest absolute Gasteiger partial charge is 0.0769 e. The first-order valence-corrected chi connectivity index (χ1v) is 6.84. The molecule has 2 aromatic carbocycles. The van der Waals surface area contributed by atoms with Crippen LogP contribution in [0.5, 0.6) is 0 Å². The Hall–Kier alpha value is -0.0400. The molecule has 90 valence electrons. The zero-order valence-corrected chi connectivity index (χ0v) is 13.0. The van der Waals surface area contributed by atoms with Gasteiger partial charge in [-0.2, -0.15) is 0 Å². The molecule has 0 bridgehead atoms.